The topological polar surface area (TPSA) is 17.8 Å². The van der Waals surface area contributed by atoms with Crippen LogP contribution in [0.5, 0.6) is 0 Å². The van der Waals surface area contributed by atoms with E-state index < -0.39 is 0 Å². The molecule has 0 amide bonds. The SMILES string of the molecule is CCCC[C@@]12CCCc3cccc(c31)C[C@@H](Cn1ccnc1)C2.Cl. The number of benzene rings is 1. The van der Waals surface area contributed by atoms with Crippen LogP contribution in [0.25, 0.3) is 0 Å². The fourth-order valence-electron chi connectivity index (χ4n) is 5.28. The van der Waals surface area contributed by atoms with Crippen molar-refractivity contribution in [2.75, 3.05) is 0 Å². The Hall–Kier alpha value is -1.28. The number of unbranched alkanes of at least 4 members (excludes halogenated alkanes) is 1. The Balaban J connectivity index is 0.00000169. The Morgan fingerprint density at radius 1 is 1.29 bits per heavy atom. The second-order valence-corrected chi connectivity index (χ2v) is 7.72. The molecule has 0 saturated carbocycles. The molecule has 2 atom stereocenters. The highest BCUT2D eigenvalue weighted by atomic mass is 35.5. The smallest absolute Gasteiger partial charge is 0.0945 e. The van der Waals surface area contributed by atoms with Crippen molar-refractivity contribution in [2.24, 2.45) is 5.92 Å². The minimum atomic E-state index is 0. The summed E-state index contributed by atoms with van der Waals surface area (Å²) in [5.41, 5.74) is 5.53. The van der Waals surface area contributed by atoms with Gasteiger partial charge in [-0.1, -0.05) is 38.0 Å². The second kappa shape index (κ2) is 7.31. The summed E-state index contributed by atoms with van der Waals surface area (Å²) < 4.78 is 2.27. The first kappa shape index (κ1) is 17.5. The summed E-state index contributed by atoms with van der Waals surface area (Å²) in [6.07, 6.45) is 16.7. The van der Waals surface area contributed by atoms with Crippen LogP contribution in [0.2, 0.25) is 0 Å². The highest BCUT2D eigenvalue weighted by Crippen LogP contribution is 2.51. The Bertz CT molecular complexity index is 664. The molecule has 0 unspecified atom stereocenters. The van der Waals surface area contributed by atoms with Gasteiger partial charge in [0, 0.05) is 18.9 Å². The fourth-order valence-corrected chi connectivity index (χ4v) is 5.28. The lowest BCUT2D eigenvalue weighted by Crippen LogP contribution is -2.39. The lowest BCUT2D eigenvalue weighted by molar-refractivity contribution is 0.215. The van der Waals surface area contributed by atoms with Gasteiger partial charge >= 0.3 is 0 Å². The van der Waals surface area contributed by atoms with E-state index in [-0.39, 0.29) is 12.4 Å². The van der Waals surface area contributed by atoms with E-state index in [2.05, 4.69) is 40.9 Å². The Morgan fingerprint density at radius 3 is 2.96 bits per heavy atom. The molecule has 0 saturated heterocycles. The van der Waals surface area contributed by atoms with Crippen molar-refractivity contribution in [2.45, 2.75) is 70.3 Å². The van der Waals surface area contributed by atoms with E-state index >= 15 is 0 Å². The molecule has 2 nitrogen and oxygen atoms in total. The number of aryl methyl sites for hydroxylation is 1. The van der Waals surface area contributed by atoms with Crippen LogP contribution < -0.4 is 0 Å². The third kappa shape index (κ3) is 3.13. The molecule has 24 heavy (non-hydrogen) atoms. The van der Waals surface area contributed by atoms with E-state index in [1.165, 1.54) is 51.4 Å². The average Bonchev–Trinajstić information content (AvgIpc) is 3.06. The Morgan fingerprint density at radius 2 is 2.17 bits per heavy atom. The van der Waals surface area contributed by atoms with Crippen LogP contribution in [0.4, 0.5) is 0 Å². The van der Waals surface area contributed by atoms with Crippen LogP contribution in [-0.2, 0) is 24.8 Å². The molecule has 2 aliphatic rings. The number of nitrogens with zero attached hydrogens (tertiary/aromatic N) is 2. The minimum absolute atomic E-state index is 0. The third-order valence-corrected chi connectivity index (χ3v) is 6.09. The molecular formula is C21H29ClN2. The van der Waals surface area contributed by atoms with Crippen molar-refractivity contribution in [3.8, 4) is 0 Å². The summed E-state index contributed by atoms with van der Waals surface area (Å²) in [6, 6.07) is 7.10. The number of imidazole rings is 1. The highest BCUT2D eigenvalue weighted by Gasteiger charge is 2.42. The van der Waals surface area contributed by atoms with Crippen LogP contribution in [0, 0.1) is 5.92 Å². The normalized spacial score (nSPS) is 25.0. The maximum absolute atomic E-state index is 4.23. The second-order valence-electron chi connectivity index (χ2n) is 7.72. The van der Waals surface area contributed by atoms with Gasteiger partial charge in [0.1, 0.15) is 0 Å². The van der Waals surface area contributed by atoms with E-state index in [0.717, 1.165) is 12.5 Å². The van der Waals surface area contributed by atoms with Crippen LogP contribution in [0.1, 0.15) is 62.1 Å². The number of aromatic nitrogens is 2. The molecule has 0 aliphatic heterocycles. The summed E-state index contributed by atoms with van der Waals surface area (Å²) in [5, 5.41) is 0. The van der Waals surface area contributed by atoms with Gasteiger partial charge < -0.3 is 4.57 Å². The van der Waals surface area contributed by atoms with Crippen molar-refractivity contribution < 1.29 is 0 Å². The molecule has 1 aromatic heterocycles. The molecule has 0 fully saturated rings. The van der Waals surface area contributed by atoms with Crippen molar-refractivity contribution in [3.63, 3.8) is 0 Å². The number of halogens is 1. The first-order chi connectivity index (χ1) is 11.3. The molecule has 1 aromatic carbocycles. The van der Waals surface area contributed by atoms with Gasteiger partial charge in [0.05, 0.1) is 6.33 Å². The van der Waals surface area contributed by atoms with Gasteiger partial charge in [-0.15, -0.1) is 12.4 Å². The van der Waals surface area contributed by atoms with Gasteiger partial charge in [0.25, 0.3) is 0 Å². The molecule has 130 valence electrons. The summed E-state index contributed by atoms with van der Waals surface area (Å²) in [6.45, 7) is 3.45. The average molecular weight is 345 g/mol. The summed E-state index contributed by atoms with van der Waals surface area (Å²) in [7, 11) is 0. The molecule has 0 N–H and O–H groups in total. The molecule has 0 radical (unpaired) electrons. The van der Waals surface area contributed by atoms with Crippen molar-refractivity contribution in [1.82, 2.24) is 9.55 Å². The Kier molecular flexibility index (Phi) is 5.34. The highest BCUT2D eigenvalue weighted by molar-refractivity contribution is 5.85. The van der Waals surface area contributed by atoms with Crippen LogP contribution >= 0.6 is 12.4 Å². The summed E-state index contributed by atoms with van der Waals surface area (Å²) >= 11 is 0. The zero-order valence-electron chi connectivity index (χ0n) is 14.7. The molecular weight excluding hydrogens is 316 g/mol. The van der Waals surface area contributed by atoms with Gasteiger partial charge in [-0.05, 0) is 66.5 Å². The maximum atomic E-state index is 4.23. The fraction of sp³-hybridized carbons (Fsp3) is 0.571. The lowest BCUT2D eigenvalue weighted by atomic mass is 9.58. The molecule has 3 heteroatoms. The first-order valence-electron chi connectivity index (χ1n) is 9.38. The third-order valence-electron chi connectivity index (χ3n) is 6.09. The standard InChI is InChI=1S/C21H28N2.ClH/c1-2-3-9-21-10-5-8-18-6-4-7-19(20(18)21)13-17(14-21)15-23-12-11-22-16-23;/h4,6-7,11-12,16-17H,2-3,5,8-10,13-15H2,1H3;1H/t17-,21+;/m1./s1. The zero-order chi connectivity index (χ0) is 15.7. The van der Waals surface area contributed by atoms with Gasteiger partial charge in [-0.3, -0.25) is 0 Å². The van der Waals surface area contributed by atoms with Crippen LogP contribution in [0.3, 0.4) is 0 Å². The number of hydrogen-bond donors (Lipinski definition) is 0. The molecule has 2 aromatic rings. The molecule has 0 spiro atoms. The van der Waals surface area contributed by atoms with Crippen molar-refractivity contribution >= 4 is 12.4 Å². The number of rotatable bonds is 5. The predicted octanol–water partition coefficient (Wildman–Crippen LogP) is 5.33. The first-order valence-corrected chi connectivity index (χ1v) is 9.38. The Labute approximate surface area is 152 Å². The van der Waals surface area contributed by atoms with Crippen LogP contribution in [0.15, 0.2) is 36.9 Å². The van der Waals surface area contributed by atoms with Crippen molar-refractivity contribution in [3.05, 3.63) is 53.6 Å². The largest absolute Gasteiger partial charge is 0.337 e. The molecule has 4 rings (SSSR count). The number of hydrogen-bond acceptors (Lipinski definition) is 1. The summed E-state index contributed by atoms with van der Waals surface area (Å²) in [4.78, 5) is 4.23. The van der Waals surface area contributed by atoms with E-state index in [1.807, 2.05) is 12.5 Å². The van der Waals surface area contributed by atoms with Crippen molar-refractivity contribution in [1.29, 1.82) is 0 Å². The van der Waals surface area contributed by atoms with E-state index in [0.29, 0.717) is 5.41 Å². The van der Waals surface area contributed by atoms with Gasteiger partial charge in [-0.2, -0.15) is 0 Å². The lowest BCUT2D eigenvalue weighted by Gasteiger charge is -2.47. The molecule has 0 bridgehead atoms. The van der Waals surface area contributed by atoms with Gasteiger partial charge in [-0.25, -0.2) is 4.98 Å². The quantitative estimate of drug-likeness (QED) is 0.716. The monoisotopic (exact) mass is 344 g/mol. The predicted molar refractivity (Wildman–Crippen MR) is 102 cm³/mol. The maximum Gasteiger partial charge on any atom is 0.0945 e. The zero-order valence-corrected chi connectivity index (χ0v) is 15.5. The van der Waals surface area contributed by atoms with Gasteiger partial charge in [0.2, 0.25) is 0 Å². The van der Waals surface area contributed by atoms with E-state index in [4.69, 9.17) is 0 Å². The van der Waals surface area contributed by atoms with Gasteiger partial charge in [0.15, 0.2) is 0 Å². The van der Waals surface area contributed by atoms with E-state index in [1.54, 1.807) is 16.7 Å². The molecule has 1 heterocycles. The molecule has 2 aliphatic carbocycles. The van der Waals surface area contributed by atoms with E-state index in [9.17, 15) is 0 Å². The minimum Gasteiger partial charge on any atom is -0.337 e. The summed E-state index contributed by atoms with van der Waals surface area (Å²) in [5.74, 6) is 0.752. The van der Waals surface area contributed by atoms with Crippen LogP contribution in [-0.4, -0.2) is 9.55 Å².